The second-order valence-electron chi connectivity index (χ2n) is 4.68. The molecule has 1 aromatic carbocycles. The lowest BCUT2D eigenvalue weighted by atomic mass is 10.1. The maximum absolute atomic E-state index is 9.56. The van der Waals surface area contributed by atoms with E-state index in [0.717, 1.165) is 23.3 Å². The van der Waals surface area contributed by atoms with Crippen LogP contribution >= 0.6 is 0 Å². The van der Waals surface area contributed by atoms with Crippen molar-refractivity contribution in [2.24, 2.45) is 0 Å². The molecule has 0 aliphatic rings. The van der Waals surface area contributed by atoms with Crippen LogP contribution in [0.1, 0.15) is 5.56 Å². The van der Waals surface area contributed by atoms with Crippen molar-refractivity contribution < 1.29 is 5.11 Å². The first-order valence-electron chi connectivity index (χ1n) is 6.56. The van der Waals surface area contributed by atoms with Crippen molar-refractivity contribution in [1.29, 1.82) is 0 Å². The van der Waals surface area contributed by atoms with E-state index in [9.17, 15) is 5.11 Å². The van der Waals surface area contributed by atoms with E-state index in [1.54, 1.807) is 0 Å². The Morgan fingerprint density at radius 2 is 2.00 bits per heavy atom. The summed E-state index contributed by atoms with van der Waals surface area (Å²) in [7, 11) is 0. The van der Waals surface area contributed by atoms with Gasteiger partial charge in [0.25, 0.3) is 0 Å². The first kappa shape index (κ1) is 12.6. The quantitative estimate of drug-likeness (QED) is 0.661. The highest BCUT2D eigenvalue weighted by Crippen LogP contribution is 2.19. The number of aliphatic hydroxyl groups excluding tert-OH is 1. The number of rotatable bonds is 5. The third-order valence-corrected chi connectivity index (χ3v) is 3.24. The molecule has 1 atom stereocenters. The summed E-state index contributed by atoms with van der Waals surface area (Å²) in [5.41, 5.74) is 1.97. The Kier molecular flexibility index (Phi) is 3.60. The maximum atomic E-state index is 9.56. The zero-order valence-corrected chi connectivity index (χ0v) is 11.0. The predicted octanol–water partition coefficient (Wildman–Crippen LogP) is 1.97. The molecule has 5 heteroatoms. The number of aromatic nitrogens is 3. The summed E-state index contributed by atoms with van der Waals surface area (Å²) in [6.45, 7) is 0.0464. The summed E-state index contributed by atoms with van der Waals surface area (Å²) in [5.74, 6) is 0.742. The fourth-order valence-corrected chi connectivity index (χ4v) is 2.24. The second kappa shape index (κ2) is 5.71. The maximum Gasteiger partial charge on any atom is 0.142 e. The van der Waals surface area contributed by atoms with Gasteiger partial charge >= 0.3 is 0 Å². The molecule has 5 nitrogen and oxygen atoms in total. The molecule has 0 fully saturated rings. The van der Waals surface area contributed by atoms with Gasteiger partial charge in [-0.25, -0.2) is 9.97 Å². The average molecular weight is 268 g/mol. The number of anilines is 1. The number of nitrogens with zero attached hydrogens (tertiary/aromatic N) is 2. The van der Waals surface area contributed by atoms with E-state index in [0.29, 0.717) is 0 Å². The summed E-state index contributed by atoms with van der Waals surface area (Å²) in [6, 6.07) is 11.9. The molecule has 0 aliphatic carbocycles. The molecule has 0 aliphatic heterocycles. The summed E-state index contributed by atoms with van der Waals surface area (Å²) in [4.78, 5) is 11.5. The van der Waals surface area contributed by atoms with Crippen LogP contribution < -0.4 is 5.32 Å². The van der Waals surface area contributed by atoms with E-state index < -0.39 is 0 Å². The van der Waals surface area contributed by atoms with E-state index in [1.165, 1.54) is 11.9 Å². The van der Waals surface area contributed by atoms with Crippen molar-refractivity contribution in [1.82, 2.24) is 15.0 Å². The standard InChI is InChI=1S/C15H16N4O/c20-9-12(8-11-4-2-1-3-5-11)19-15-13-6-7-16-14(13)17-10-18-15/h1-7,10,12,20H,8-9H2,(H2,16,17,18,19). The first-order valence-corrected chi connectivity index (χ1v) is 6.56. The number of benzene rings is 1. The Labute approximate surface area is 116 Å². The molecule has 0 radical (unpaired) electrons. The molecule has 0 spiro atoms. The monoisotopic (exact) mass is 268 g/mol. The van der Waals surface area contributed by atoms with Crippen molar-refractivity contribution in [3.8, 4) is 0 Å². The van der Waals surface area contributed by atoms with Gasteiger partial charge in [-0.05, 0) is 18.1 Å². The van der Waals surface area contributed by atoms with Crippen LogP contribution in [0.5, 0.6) is 0 Å². The molecule has 2 heterocycles. The van der Waals surface area contributed by atoms with Gasteiger partial charge in [0.05, 0.1) is 18.0 Å². The number of aliphatic hydroxyl groups is 1. The van der Waals surface area contributed by atoms with E-state index in [1.807, 2.05) is 30.5 Å². The van der Waals surface area contributed by atoms with Crippen LogP contribution in [0.15, 0.2) is 48.9 Å². The smallest absolute Gasteiger partial charge is 0.142 e. The van der Waals surface area contributed by atoms with Crippen LogP contribution in [-0.2, 0) is 6.42 Å². The van der Waals surface area contributed by atoms with E-state index in [-0.39, 0.29) is 12.6 Å². The van der Waals surface area contributed by atoms with Crippen LogP contribution in [0.3, 0.4) is 0 Å². The molecule has 3 N–H and O–H groups in total. The summed E-state index contributed by atoms with van der Waals surface area (Å²) in [6.07, 6.45) is 4.08. The lowest BCUT2D eigenvalue weighted by Gasteiger charge is -2.17. The van der Waals surface area contributed by atoms with Gasteiger partial charge < -0.3 is 15.4 Å². The van der Waals surface area contributed by atoms with Crippen LogP contribution in [0.4, 0.5) is 5.82 Å². The highest BCUT2D eigenvalue weighted by atomic mass is 16.3. The number of hydrogen-bond acceptors (Lipinski definition) is 4. The molecule has 102 valence electrons. The zero-order chi connectivity index (χ0) is 13.8. The Morgan fingerprint density at radius 1 is 1.15 bits per heavy atom. The van der Waals surface area contributed by atoms with Crippen molar-refractivity contribution in [2.45, 2.75) is 12.5 Å². The third-order valence-electron chi connectivity index (χ3n) is 3.24. The fourth-order valence-electron chi connectivity index (χ4n) is 2.24. The Bertz CT molecular complexity index is 680. The van der Waals surface area contributed by atoms with Gasteiger partial charge in [0, 0.05) is 6.20 Å². The minimum atomic E-state index is -0.0783. The molecule has 3 aromatic rings. The van der Waals surface area contributed by atoms with Gasteiger partial charge in [-0.1, -0.05) is 30.3 Å². The number of fused-ring (bicyclic) bond motifs is 1. The van der Waals surface area contributed by atoms with Gasteiger partial charge in [0.1, 0.15) is 17.8 Å². The van der Waals surface area contributed by atoms with Crippen LogP contribution in [0.25, 0.3) is 11.0 Å². The second-order valence-corrected chi connectivity index (χ2v) is 4.68. The molecule has 0 amide bonds. The van der Waals surface area contributed by atoms with Crippen molar-refractivity contribution in [3.63, 3.8) is 0 Å². The Morgan fingerprint density at radius 3 is 2.80 bits per heavy atom. The normalized spacial score (nSPS) is 12.4. The van der Waals surface area contributed by atoms with Gasteiger partial charge in [-0.3, -0.25) is 0 Å². The van der Waals surface area contributed by atoms with Crippen molar-refractivity contribution in [2.75, 3.05) is 11.9 Å². The molecule has 0 bridgehead atoms. The average Bonchev–Trinajstić information content (AvgIpc) is 2.97. The van der Waals surface area contributed by atoms with E-state index >= 15 is 0 Å². The van der Waals surface area contributed by atoms with Gasteiger partial charge in [0.15, 0.2) is 0 Å². The third kappa shape index (κ3) is 2.62. The van der Waals surface area contributed by atoms with Crippen molar-refractivity contribution in [3.05, 3.63) is 54.5 Å². The van der Waals surface area contributed by atoms with Crippen molar-refractivity contribution >= 4 is 16.9 Å². The van der Waals surface area contributed by atoms with Crippen LogP contribution in [0.2, 0.25) is 0 Å². The van der Waals surface area contributed by atoms with E-state index in [4.69, 9.17) is 0 Å². The molecule has 0 saturated heterocycles. The summed E-state index contributed by atoms with van der Waals surface area (Å²) < 4.78 is 0. The molecule has 2 aromatic heterocycles. The largest absolute Gasteiger partial charge is 0.394 e. The Balaban J connectivity index is 1.79. The molecular formula is C15H16N4O. The van der Waals surface area contributed by atoms with E-state index in [2.05, 4.69) is 32.4 Å². The topological polar surface area (TPSA) is 73.8 Å². The van der Waals surface area contributed by atoms with Gasteiger partial charge in [-0.15, -0.1) is 0 Å². The highest BCUT2D eigenvalue weighted by molar-refractivity contribution is 5.86. The SMILES string of the molecule is OCC(Cc1ccccc1)Nc1ncnc2[nH]ccc12. The van der Waals surface area contributed by atoms with Crippen LogP contribution in [-0.4, -0.2) is 32.7 Å². The Hall–Kier alpha value is -2.40. The molecule has 1 unspecified atom stereocenters. The molecule has 20 heavy (non-hydrogen) atoms. The fraction of sp³-hybridized carbons (Fsp3) is 0.200. The van der Waals surface area contributed by atoms with Gasteiger partial charge in [-0.2, -0.15) is 0 Å². The zero-order valence-electron chi connectivity index (χ0n) is 11.0. The number of H-pyrrole nitrogens is 1. The predicted molar refractivity (Wildman–Crippen MR) is 78.5 cm³/mol. The number of aromatic amines is 1. The summed E-state index contributed by atoms with van der Waals surface area (Å²) >= 11 is 0. The highest BCUT2D eigenvalue weighted by Gasteiger charge is 2.11. The van der Waals surface area contributed by atoms with Gasteiger partial charge in [0.2, 0.25) is 0 Å². The first-order chi connectivity index (χ1) is 9.86. The molecular weight excluding hydrogens is 252 g/mol. The minimum Gasteiger partial charge on any atom is -0.394 e. The number of hydrogen-bond donors (Lipinski definition) is 3. The lowest BCUT2D eigenvalue weighted by Crippen LogP contribution is -2.27. The number of nitrogens with one attached hydrogen (secondary N) is 2. The summed E-state index contributed by atoms with van der Waals surface area (Å²) in [5, 5.41) is 13.8. The minimum absolute atomic E-state index is 0.0464. The van der Waals surface area contributed by atoms with Crippen LogP contribution in [0, 0.1) is 0 Å². The molecule has 0 saturated carbocycles. The lowest BCUT2D eigenvalue weighted by molar-refractivity contribution is 0.273. The molecule has 3 rings (SSSR count).